The van der Waals surface area contributed by atoms with Gasteiger partial charge in [0.05, 0.1) is 5.56 Å². The van der Waals surface area contributed by atoms with Gasteiger partial charge in [0, 0.05) is 12.0 Å². The zero-order valence-corrected chi connectivity index (χ0v) is 14.2. The SMILES string of the molecule is CCCCCCC[C@H]1CC[C@H](C#Cc2ccc(F)cc2F)CC1. The minimum absolute atomic E-state index is 0.310. The summed E-state index contributed by atoms with van der Waals surface area (Å²) in [5.41, 5.74) is 0.310. The van der Waals surface area contributed by atoms with Crippen molar-refractivity contribution in [3.63, 3.8) is 0 Å². The average molecular weight is 318 g/mol. The Hall–Kier alpha value is -1.36. The Morgan fingerprint density at radius 3 is 2.43 bits per heavy atom. The molecular formula is C21H28F2. The Morgan fingerprint density at radius 1 is 1.00 bits per heavy atom. The van der Waals surface area contributed by atoms with E-state index in [4.69, 9.17) is 0 Å². The predicted molar refractivity (Wildman–Crippen MR) is 92.1 cm³/mol. The summed E-state index contributed by atoms with van der Waals surface area (Å²) in [6.07, 6.45) is 12.9. The zero-order valence-electron chi connectivity index (χ0n) is 14.2. The van der Waals surface area contributed by atoms with Crippen LogP contribution in [-0.4, -0.2) is 0 Å². The Bertz CT molecular complexity index is 531. The molecular weight excluding hydrogens is 290 g/mol. The maximum absolute atomic E-state index is 13.6. The number of halogens is 2. The van der Waals surface area contributed by atoms with Gasteiger partial charge in [-0.25, -0.2) is 8.78 Å². The van der Waals surface area contributed by atoms with Gasteiger partial charge in [0.15, 0.2) is 0 Å². The molecule has 0 aliphatic heterocycles. The van der Waals surface area contributed by atoms with Crippen molar-refractivity contribution >= 4 is 0 Å². The minimum Gasteiger partial charge on any atom is -0.207 e. The molecule has 1 aliphatic rings. The maximum atomic E-state index is 13.6. The second-order valence-electron chi connectivity index (χ2n) is 6.81. The zero-order chi connectivity index (χ0) is 16.5. The molecule has 0 atom stereocenters. The van der Waals surface area contributed by atoms with E-state index in [9.17, 15) is 8.78 Å². The van der Waals surface area contributed by atoms with Crippen LogP contribution in [0.2, 0.25) is 0 Å². The van der Waals surface area contributed by atoms with E-state index in [-0.39, 0.29) is 0 Å². The second-order valence-corrected chi connectivity index (χ2v) is 6.81. The summed E-state index contributed by atoms with van der Waals surface area (Å²) in [4.78, 5) is 0. The summed E-state index contributed by atoms with van der Waals surface area (Å²) in [6.45, 7) is 2.25. The van der Waals surface area contributed by atoms with Crippen LogP contribution in [0.1, 0.15) is 76.7 Å². The molecule has 0 heterocycles. The van der Waals surface area contributed by atoms with E-state index in [1.807, 2.05) is 0 Å². The molecule has 0 saturated heterocycles. The fraction of sp³-hybridized carbons (Fsp3) is 0.619. The van der Waals surface area contributed by atoms with Crippen molar-refractivity contribution in [2.75, 3.05) is 0 Å². The van der Waals surface area contributed by atoms with Crippen LogP contribution in [0.4, 0.5) is 8.78 Å². The molecule has 0 unspecified atom stereocenters. The highest BCUT2D eigenvalue weighted by Crippen LogP contribution is 2.31. The van der Waals surface area contributed by atoms with Crippen molar-refractivity contribution in [1.29, 1.82) is 0 Å². The molecule has 2 heteroatoms. The van der Waals surface area contributed by atoms with Gasteiger partial charge in [-0.15, -0.1) is 0 Å². The lowest BCUT2D eigenvalue weighted by molar-refractivity contribution is 0.294. The lowest BCUT2D eigenvalue weighted by Crippen LogP contribution is -2.13. The van der Waals surface area contributed by atoms with Crippen molar-refractivity contribution in [3.05, 3.63) is 35.4 Å². The number of hydrogen-bond donors (Lipinski definition) is 0. The van der Waals surface area contributed by atoms with E-state index in [1.165, 1.54) is 63.5 Å². The summed E-state index contributed by atoms with van der Waals surface area (Å²) < 4.78 is 26.4. The summed E-state index contributed by atoms with van der Waals surface area (Å²) in [5, 5.41) is 0. The number of hydrogen-bond acceptors (Lipinski definition) is 0. The van der Waals surface area contributed by atoms with E-state index < -0.39 is 11.6 Å². The van der Waals surface area contributed by atoms with Gasteiger partial charge in [-0.3, -0.25) is 0 Å². The summed E-state index contributed by atoms with van der Waals surface area (Å²) in [5.74, 6) is 6.21. The van der Waals surface area contributed by atoms with Crippen LogP contribution in [0.3, 0.4) is 0 Å². The van der Waals surface area contributed by atoms with E-state index in [0.717, 1.165) is 24.8 Å². The number of unbranched alkanes of at least 4 members (excludes halogenated alkanes) is 4. The van der Waals surface area contributed by atoms with Gasteiger partial charge in [0.25, 0.3) is 0 Å². The van der Waals surface area contributed by atoms with E-state index in [1.54, 1.807) is 0 Å². The van der Waals surface area contributed by atoms with Crippen molar-refractivity contribution < 1.29 is 8.78 Å². The van der Waals surface area contributed by atoms with Crippen LogP contribution in [-0.2, 0) is 0 Å². The monoisotopic (exact) mass is 318 g/mol. The molecule has 1 aromatic rings. The Kier molecular flexibility index (Phi) is 7.59. The largest absolute Gasteiger partial charge is 0.207 e. The van der Waals surface area contributed by atoms with Crippen LogP contribution in [0.25, 0.3) is 0 Å². The van der Waals surface area contributed by atoms with Crippen LogP contribution in [0.15, 0.2) is 18.2 Å². The normalized spacial score (nSPS) is 20.8. The first-order valence-corrected chi connectivity index (χ1v) is 9.15. The van der Waals surface area contributed by atoms with Gasteiger partial charge in [0.1, 0.15) is 11.6 Å². The molecule has 0 aromatic heterocycles. The molecule has 0 bridgehead atoms. The minimum atomic E-state index is -0.557. The molecule has 23 heavy (non-hydrogen) atoms. The van der Waals surface area contributed by atoms with Crippen LogP contribution in [0.5, 0.6) is 0 Å². The highest BCUT2D eigenvalue weighted by Gasteiger charge is 2.19. The van der Waals surface area contributed by atoms with Gasteiger partial charge in [0.2, 0.25) is 0 Å². The number of rotatable bonds is 6. The Balaban J connectivity index is 1.72. The Labute approximate surface area is 139 Å². The van der Waals surface area contributed by atoms with Gasteiger partial charge in [-0.2, -0.15) is 0 Å². The van der Waals surface area contributed by atoms with Crippen LogP contribution < -0.4 is 0 Å². The quantitative estimate of drug-likeness (QED) is 0.416. The molecule has 0 radical (unpaired) electrons. The topological polar surface area (TPSA) is 0 Å². The van der Waals surface area contributed by atoms with E-state index >= 15 is 0 Å². The lowest BCUT2D eigenvalue weighted by Gasteiger charge is -2.25. The van der Waals surface area contributed by atoms with Gasteiger partial charge >= 0.3 is 0 Å². The van der Waals surface area contributed by atoms with Crippen LogP contribution in [0, 0.1) is 35.3 Å². The standard InChI is InChI=1S/C21H28F2/c1-2-3-4-5-6-7-17-8-10-18(11-9-17)12-13-19-14-15-20(22)16-21(19)23/h14-18H,2-11H2,1H3/t17-,18-. The molecule has 2 rings (SSSR count). The average Bonchev–Trinajstić information content (AvgIpc) is 2.55. The molecule has 0 nitrogen and oxygen atoms in total. The van der Waals surface area contributed by atoms with Crippen molar-refractivity contribution in [1.82, 2.24) is 0 Å². The third-order valence-corrected chi connectivity index (χ3v) is 4.90. The highest BCUT2D eigenvalue weighted by atomic mass is 19.1. The molecule has 0 amide bonds. The smallest absolute Gasteiger partial charge is 0.141 e. The summed E-state index contributed by atoms with van der Waals surface area (Å²) >= 11 is 0. The first-order chi connectivity index (χ1) is 11.2. The fourth-order valence-corrected chi connectivity index (χ4v) is 3.40. The van der Waals surface area contributed by atoms with Gasteiger partial charge in [-0.1, -0.05) is 57.3 Å². The first kappa shape index (κ1) is 18.0. The Morgan fingerprint density at radius 2 is 1.74 bits per heavy atom. The highest BCUT2D eigenvalue weighted by molar-refractivity contribution is 5.36. The second kappa shape index (κ2) is 9.71. The number of benzene rings is 1. The molecule has 0 spiro atoms. The van der Waals surface area contributed by atoms with Gasteiger partial charge < -0.3 is 0 Å². The summed E-state index contributed by atoms with van der Waals surface area (Å²) in [6, 6.07) is 3.60. The molecule has 1 saturated carbocycles. The first-order valence-electron chi connectivity index (χ1n) is 9.15. The van der Waals surface area contributed by atoms with Crippen molar-refractivity contribution in [2.24, 2.45) is 11.8 Å². The molecule has 0 N–H and O–H groups in total. The predicted octanol–water partition coefficient (Wildman–Crippen LogP) is 6.48. The third kappa shape index (κ3) is 6.34. The van der Waals surface area contributed by atoms with E-state index in [2.05, 4.69) is 18.8 Å². The third-order valence-electron chi connectivity index (χ3n) is 4.90. The maximum Gasteiger partial charge on any atom is 0.141 e. The van der Waals surface area contributed by atoms with Crippen molar-refractivity contribution in [2.45, 2.75) is 71.1 Å². The molecule has 126 valence electrons. The summed E-state index contributed by atoms with van der Waals surface area (Å²) in [7, 11) is 0. The van der Waals surface area contributed by atoms with Crippen LogP contribution >= 0.6 is 0 Å². The van der Waals surface area contributed by atoms with Crippen molar-refractivity contribution in [3.8, 4) is 11.8 Å². The van der Waals surface area contributed by atoms with Gasteiger partial charge in [-0.05, 0) is 43.7 Å². The lowest BCUT2D eigenvalue weighted by atomic mass is 9.80. The van der Waals surface area contributed by atoms with E-state index in [0.29, 0.717) is 11.5 Å². The molecule has 1 fully saturated rings. The molecule has 1 aromatic carbocycles. The fourth-order valence-electron chi connectivity index (χ4n) is 3.40. The molecule has 1 aliphatic carbocycles.